The molecule has 5 rings (SSSR count). The highest BCUT2D eigenvalue weighted by Crippen LogP contribution is 2.37. The lowest BCUT2D eigenvalue weighted by atomic mass is 10.0. The van der Waals surface area contributed by atoms with Crippen molar-refractivity contribution in [3.8, 4) is 0 Å². The Kier molecular flexibility index (Phi) is 7.41. The quantitative estimate of drug-likeness (QED) is 0.307. The molecule has 5 heteroatoms. The van der Waals surface area contributed by atoms with Gasteiger partial charge in [-0.25, -0.2) is 9.78 Å². The van der Waals surface area contributed by atoms with Crippen LogP contribution in [0.15, 0.2) is 84.9 Å². The van der Waals surface area contributed by atoms with Crippen molar-refractivity contribution in [2.75, 3.05) is 6.61 Å². The van der Waals surface area contributed by atoms with Gasteiger partial charge in [-0.3, -0.25) is 4.79 Å². The summed E-state index contributed by atoms with van der Waals surface area (Å²) in [5.74, 6) is -0.781. The number of nitrogens with zero attached hydrogens (tertiary/aromatic N) is 1. The standard InChI is InChI=1S/C32H30N2O3/c1-22(16-17-23-10-4-2-5-11-23)33-29(35)21-37-32(36)30-26-14-8-9-15-28(26)34-31-25(18-19-27(30)31)20-24-12-6-3-7-13-24/h2-15,20,22H,16-19,21H2,1H3,(H,33,35). The predicted molar refractivity (Wildman–Crippen MR) is 147 cm³/mol. The molecule has 1 unspecified atom stereocenters. The van der Waals surface area contributed by atoms with E-state index in [1.54, 1.807) is 0 Å². The smallest absolute Gasteiger partial charge is 0.339 e. The molecule has 186 valence electrons. The van der Waals surface area contributed by atoms with Gasteiger partial charge in [0.05, 0.1) is 16.8 Å². The molecule has 3 aromatic carbocycles. The number of pyridine rings is 1. The van der Waals surface area contributed by atoms with Crippen molar-refractivity contribution in [3.05, 3.63) is 113 Å². The number of rotatable bonds is 8. The van der Waals surface area contributed by atoms with Gasteiger partial charge in [0.25, 0.3) is 5.91 Å². The Bertz CT molecular complexity index is 1450. The van der Waals surface area contributed by atoms with Crippen LogP contribution in [-0.2, 0) is 22.4 Å². The number of carbonyl (C=O) groups excluding carboxylic acids is 2. The van der Waals surface area contributed by atoms with E-state index >= 15 is 0 Å². The third-order valence-electron chi connectivity index (χ3n) is 6.74. The van der Waals surface area contributed by atoms with Crippen LogP contribution in [0.3, 0.4) is 0 Å². The molecule has 1 heterocycles. The van der Waals surface area contributed by atoms with Gasteiger partial charge in [0.1, 0.15) is 0 Å². The van der Waals surface area contributed by atoms with Crippen molar-refractivity contribution in [3.63, 3.8) is 0 Å². The maximum absolute atomic E-state index is 13.3. The maximum Gasteiger partial charge on any atom is 0.339 e. The van der Waals surface area contributed by atoms with E-state index in [0.717, 1.165) is 52.6 Å². The molecule has 0 saturated heterocycles. The SMILES string of the molecule is CC(CCc1ccccc1)NC(=O)COC(=O)c1c2c(nc3ccccc13)C(=Cc1ccccc1)CC2. The van der Waals surface area contributed by atoms with Crippen molar-refractivity contribution in [1.82, 2.24) is 10.3 Å². The summed E-state index contributed by atoms with van der Waals surface area (Å²) in [7, 11) is 0. The fraction of sp³-hybridized carbons (Fsp3) is 0.219. The van der Waals surface area contributed by atoms with E-state index in [2.05, 4.69) is 35.7 Å². The zero-order valence-corrected chi connectivity index (χ0v) is 20.9. The number of amides is 1. The van der Waals surface area contributed by atoms with Crippen LogP contribution in [0.25, 0.3) is 22.6 Å². The number of esters is 1. The lowest BCUT2D eigenvalue weighted by Gasteiger charge is -2.15. The first-order valence-electron chi connectivity index (χ1n) is 12.8. The molecule has 1 N–H and O–H groups in total. The number of aromatic nitrogens is 1. The van der Waals surface area contributed by atoms with E-state index in [1.165, 1.54) is 5.56 Å². The van der Waals surface area contributed by atoms with Gasteiger partial charge in [0.2, 0.25) is 0 Å². The molecule has 0 radical (unpaired) electrons. The van der Waals surface area contributed by atoms with Crippen molar-refractivity contribution in [1.29, 1.82) is 0 Å². The molecule has 1 amide bonds. The first-order valence-corrected chi connectivity index (χ1v) is 12.8. The summed E-state index contributed by atoms with van der Waals surface area (Å²) < 4.78 is 5.54. The summed E-state index contributed by atoms with van der Waals surface area (Å²) in [5.41, 5.74) is 6.42. The van der Waals surface area contributed by atoms with Gasteiger partial charge in [0, 0.05) is 11.4 Å². The Labute approximate surface area is 217 Å². The molecular weight excluding hydrogens is 460 g/mol. The van der Waals surface area contributed by atoms with Gasteiger partial charge in [-0.05, 0) is 67.0 Å². The number of benzene rings is 3. The Morgan fingerprint density at radius 3 is 2.43 bits per heavy atom. The second-order valence-electron chi connectivity index (χ2n) is 9.48. The van der Waals surface area contributed by atoms with Gasteiger partial charge in [0.15, 0.2) is 6.61 Å². The number of fused-ring (bicyclic) bond motifs is 2. The van der Waals surface area contributed by atoms with Gasteiger partial charge in [-0.15, -0.1) is 0 Å². The van der Waals surface area contributed by atoms with E-state index in [-0.39, 0.29) is 18.6 Å². The topological polar surface area (TPSA) is 68.3 Å². The Hall–Kier alpha value is -4.25. The van der Waals surface area contributed by atoms with Crippen molar-refractivity contribution in [2.24, 2.45) is 0 Å². The minimum absolute atomic E-state index is 0.0249. The molecule has 5 nitrogen and oxygen atoms in total. The van der Waals surface area contributed by atoms with Crippen LogP contribution >= 0.6 is 0 Å². The van der Waals surface area contributed by atoms with Gasteiger partial charge >= 0.3 is 5.97 Å². The van der Waals surface area contributed by atoms with E-state index in [9.17, 15) is 9.59 Å². The third-order valence-corrected chi connectivity index (χ3v) is 6.74. The summed E-state index contributed by atoms with van der Waals surface area (Å²) in [4.78, 5) is 30.8. The molecule has 37 heavy (non-hydrogen) atoms. The summed E-state index contributed by atoms with van der Waals surface area (Å²) in [6.45, 7) is 1.65. The van der Waals surface area contributed by atoms with E-state index in [1.807, 2.05) is 67.6 Å². The second-order valence-corrected chi connectivity index (χ2v) is 9.48. The first-order chi connectivity index (χ1) is 18.1. The summed E-state index contributed by atoms with van der Waals surface area (Å²) in [6, 6.07) is 27.9. The molecule has 1 aliphatic carbocycles. The van der Waals surface area contributed by atoms with Crippen molar-refractivity contribution in [2.45, 2.75) is 38.6 Å². The monoisotopic (exact) mass is 490 g/mol. The molecule has 0 bridgehead atoms. The summed E-state index contributed by atoms with van der Waals surface area (Å²) >= 11 is 0. The second kappa shape index (κ2) is 11.2. The number of para-hydroxylation sites is 1. The Balaban J connectivity index is 1.30. The van der Waals surface area contributed by atoms with Crippen LogP contribution in [0, 0.1) is 0 Å². The fourth-order valence-electron chi connectivity index (χ4n) is 4.88. The molecule has 1 aliphatic rings. The normalized spacial score (nSPS) is 14.4. The van der Waals surface area contributed by atoms with Crippen molar-refractivity contribution < 1.29 is 14.3 Å². The van der Waals surface area contributed by atoms with Crippen LogP contribution in [0.2, 0.25) is 0 Å². The number of hydrogen-bond acceptors (Lipinski definition) is 4. The highest BCUT2D eigenvalue weighted by Gasteiger charge is 2.28. The van der Waals surface area contributed by atoms with Gasteiger partial charge in [-0.1, -0.05) is 78.9 Å². The minimum Gasteiger partial charge on any atom is -0.452 e. The molecular formula is C32H30N2O3. The van der Waals surface area contributed by atoms with Gasteiger partial charge < -0.3 is 10.1 Å². The lowest BCUT2D eigenvalue weighted by molar-refractivity contribution is -0.124. The summed E-state index contributed by atoms with van der Waals surface area (Å²) in [6.07, 6.45) is 5.32. The van der Waals surface area contributed by atoms with Crippen LogP contribution in [-0.4, -0.2) is 29.5 Å². The Morgan fingerprint density at radius 1 is 0.946 bits per heavy atom. The molecule has 0 spiro atoms. The molecule has 0 saturated carbocycles. The maximum atomic E-state index is 13.3. The van der Waals surface area contributed by atoms with Crippen LogP contribution in [0.4, 0.5) is 0 Å². The minimum atomic E-state index is -0.483. The third kappa shape index (κ3) is 5.78. The number of allylic oxidation sites excluding steroid dienone is 1. The van der Waals surface area contributed by atoms with Gasteiger partial charge in [-0.2, -0.15) is 0 Å². The number of carbonyl (C=O) groups is 2. The highest BCUT2D eigenvalue weighted by molar-refractivity contribution is 6.07. The molecule has 0 fully saturated rings. The number of aryl methyl sites for hydroxylation is 1. The average Bonchev–Trinajstić information content (AvgIpc) is 3.32. The van der Waals surface area contributed by atoms with Crippen molar-refractivity contribution >= 4 is 34.4 Å². The molecule has 0 aliphatic heterocycles. The zero-order valence-electron chi connectivity index (χ0n) is 20.9. The number of hydrogen-bond donors (Lipinski definition) is 1. The first kappa shape index (κ1) is 24.4. The van der Waals surface area contributed by atoms with Crippen LogP contribution in [0.5, 0.6) is 0 Å². The molecule has 4 aromatic rings. The van der Waals surface area contributed by atoms with E-state index in [0.29, 0.717) is 12.0 Å². The molecule has 1 atom stereocenters. The Morgan fingerprint density at radius 2 is 1.65 bits per heavy atom. The van der Waals surface area contributed by atoms with Crippen LogP contribution in [0.1, 0.15) is 52.5 Å². The highest BCUT2D eigenvalue weighted by atomic mass is 16.5. The van der Waals surface area contributed by atoms with Crippen LogP contribution < -0.4 is 5.32 Å². The van der Waals surface area contributed by atoms with E-state index in [4.69, 9.17) is 9.72 Å². The summed E-state index contributed by atoms with van der Waals surface area (Å²) in [5, 5.41) is 3.70. The molecule has 1 aromatic heterocycles. The number of ether oxygens (including phenoxy) is 1. The number of nitrogens with one attached hydrogen (secondary N) is 1. The largest absolute Gasteiger partial charge is 0.452 e. The average molecular weight is 491 g/mol. The van der Waals surface area contributed by atoms with E-state index < -0.39 is 5.97 Å². The zero-order chi connectivity index (χ0) is 25.6. The fourth-order valence-corrected chi connectivity index (χ4v) is 4.88. The lowest BCUT2D eigenvalue weighted by Crippen LogP contribution is -2.36. The predicted octanol–water partition coefficient (Wildman–Crippen LogP) is 6.02.